The Balaban J connectivity index is 0.00000841. The molecule has 1 saturated heterocycles. The van der Waals surface area contributed by atoms with Gasteiger partial charge in [0.15, 0.2) is 12.0 Å². The number of carbonyl (C=O) groups excluding carboxylic acids is 1. The molecule has 0 spiro atoms. The summed E-state index contributed by atoms with van der Waals surface area (Å²) in [4.78, 5) is 15.3. The molecule has 80 heavy (non-hydrogen) atoms. The Hall–Kier alpha value is -5.06. The third-order valence-electron chi connectivity index (χ3n) is 15.9. The van der Waals surface area contributed by atoms with Crippen molar-refractivity contribution >= 4 is 64.8 Å². The largest absolute Gasteiger partial charge is 1.00 e. The Morgan fingerprint density at radius 1 is 0.775 bits per heavy atom. The molecule has 3 aliphatic heterocycles. The number of fused-ring (bicyclic) bond motifs is 6. The van der Waals surface area contributed by atoms with Gasteiger partial charge in [-0.1, -0.05) is 86.7 Å². The average Bonchev–Trinajstić information content (AvgIpc) is 3.77. The molecule has 5 aromatic carbocycles. The molecular formula is C61H70N3NaO13S2. The Labute approximate surface area is 491 Å². The van der Waals surface area contributed by atoms with Gasteiger partial charge in [-0.15, -0.1) is 0 Å². The topological polar surface area (TPSA) is 249 Å². The van der Waals surface area contributed by atoms with E-state index in [4.69, 9.17) is 9.47 Å². The number of hydrogen-bond acceptors (Lipinski definition) is 14. The van der Waals surface area contributed by atoms with Crippen molar-refractivity contribution in [2.24, 2.45) is 0 Å². The fourth-order valence-electron chi connectivity index (χ4n) is 12.0. The molecule has 0 saturated carbocycles. The fraction of sp³-hybridized carbons (Fsp3) is 0.410. The Morgan fingerprint density at radius 3 is 2.08 bits per heavy atom. The molecule has 1 aliphatic carbocycles. The van der Waals surface area contributed by atoms with Gasteiger partial charge in [-0.05, 0) is 139 Å². The number of aliphatic hydroxyl groups is 4. The fourth-order valence-corrected chi connectivity index (χ4v) is 13.1. The van der Waals surface area contributed by atoms with Gasteiger partial charge in [-0.25, -0.2) is 16.8 Å². The SMILES string of the molecule is CC1(C)C(/C=C/C2=C(Oc3ccc(CCC(=O)N[C@H]4C(O)O[C@H](CO)[C@@H](O)[C@@H]4O)cc3)C(=C/C=C3/N(CCCCS(=O)(=O)[O-])c4ccc5ccccc5c4C3(C)C)/CCC2)=[N+](CCCCS(=O)(=O)[O-])c2ccc3ccccc3c21.[Na+]. The number of allylic oxidation sites excluding steroid dienone is 7. The predicted molar refractivity (Wildman–Crippen MR) is 302 cm³/mol. The molecule has 9 rings (SSSR count). The molecule has 5 aromatic rings. The molecule has 16 nitrogen and oxygen atoms in total. The van der Waals surface area contributed by atoms with E-state index < -0.39 is 85.7 Å². The Bertz CT molecular complexity index is 3520. The summed E-state index contributed by atoms with van der Waals surface area (Å²) in [6, 6.07) is 31.1. The van der Waals surface area contributed by atoms with Gasteiger partial charge >= 0.3 is 29.6 Å². The summed E-state index contributed by atoms with van der Waals surface area (Å²) in [6.45, 7) is 9.13. The first-order valence-corrected chi connectivity index (χ1v) is 30.2. The second kappa shape index (κ2) is 25.2. The van der Waals surface area contributed by atoms with Crippen LogP contribution in [0.15, 0.2) is 144 Å². The van der Waals surface area contributed by atoms with Crippen LogP contribution in [-0.4, -0.2) is 124 Å². The van der Waals surface area contributed by atoms with Crippen LogP contribution in [0.4, 0.5) is 11.4 Å². The van der Waals surface area contributed by atoms with Crippen molar-refractivity contribution < 1.29 is 94.8 Å². The van der Waals surface area contributed by atoms with E-state index >= 15 is 0 Å². The van der Waals surface area contributed by atoms with Gasteiger partial charge in [0, 0.05) is 65.4 Å². The van der Waals surface area contributed by atoms with Crippen molar-refractivity contribution in [3.05, 3.63) is 161 Å². The van der Waals surface area contributed by atoms with Crippen LogP contribution >= 0.6 is 0 Å². The first-order valence-electron chi connectivity index (χ1n) is 27.1. The van der Waals surface area contributed by atoms with Crippen molar-refractivity contribution in [3.8, 4) is 5.75 Å². The van der Waals surface area contributed by atoms with Crippen LogP contribution in [0.3, 0.4) is 0 Å². The predicted octanol–water partition coefficient (Wildman–Crippen LogP) is 4.55. The average molecular weight is 1140 g/mol. The van der Waals surface area contributed by atoms with Crippen molar-refractivity contribution in [1.29, 1.82) is 0 Å². The van der Waals surface area contributed by atoms with Gasteiger partial charge in [-0.3, -0.25) is 4.79 Å². The number of aryl methyl sites for hydroxylation is 1. The monoisotopic (exact) mass is 1140 g/mol. The zero-order chi connectivity index (χ0) is 56.4. The normalized spacial score (nSPS) is 22.8. The van der Waals surface area contributed by atoms with Crippen LogP contribution in [0.2, 0.25) is 0 Å². The zero-order valence-corrected chi connectivity index (χ0v) is 49.6. The van der Waals surface area contributed by atoms with E-state index in [1.54, 1.807) is 0 Å². The molecule has 0 aromatic heterocycles. The Morgan fingerprint density at radius 2 is 1.41 bits per heavy atom. The van der Waals surface area contributed by atoms with Gasteiger partial charge in [0.1, 0.15) is 42.4 Å². The molecule has 5 N–H and O–H groups in total. The molecule has 420 valence electrons. The number of aliphatic hydroxyl groups excluding tert-OH is 4. The van der Waals surface area contributed by atoms with E-state index in [1.807, 2.05) is 48.5 Å². The number of hydrogen-bond donors (Lipinski definition) is 5. The molecule has 19 heteroatoms. The minimum atomic E-state index is -4.38. The maximum absolute atomic E-state index is 13.1. The minimum Gasteiger partial charge on any atom is -0.748 e. The number of rotatable bonds is 20. The number of ether oxygens (including phenoxy) is 2. The molecular weight excluding hydrogens is 1070 g/mol. The van der Waals surface area contributed by atoms with E-state index in [0.717, 1.165) is 78.6 Å². The van der Waals surface area contributed by atoms with Crippen molar-refractivity contribution in [2.45, 2.75) is 127 Å². The maximum atomic E-state index is 13.1. The smallest absolute Gasteiger partial charge is 0.748 e. The quantitative estimate of drug-likeness (QED) is 0.0311. The molecule has 3 heterocycles. The summed E-state index contributed by atoms with van der Waals surface area (Å²) in [6.07, 6.45) is 6.48. The van der Waals surface area contributed by atoms with Gasteiger partial charge in [0.05, 0.1) is 32.3 Å². The first kappa shape index (κ1) is 61.0. The van der Waals surface area contributed by atoms with Crippen LogP contribution < -0.4 is 44.5 Å². The van der Waals surface area contributed by atoms with Crippen molar-refractivity contribution in [2.75, 3.05) is 36.1 Å². The van der Waals surface area contributed by atoms with Crippen LogP contribution in [0, 0.1) is 0 Å². The molecule has 1 unspecified atom stereocenters. The maximum Gasteiger partial charge on any atom is 1.00 e. The van der Waals surface area contributed by atoms with Gasteiger partial charge in [0.2, 0.25) is 11.6 Å². The van der Waals surface area contributed by atoms with Crippen LogP contribution in [0.5, 0.6) is 5.75 Å². The van der Waals surface area contributed by atoms with Crippen molar-refractivity contribution in [1.82, 2.24) is 5.32 Å². The summed E-state index contributed by atoms with van der Waals surface area (Å²) in [5.41, 5.74) is 8.07. The van der Waals surface area contributed by atoms with Gasteiger partial charge < -0.3 is 49.2 Å². The second-order valence-electron chi connectivity index (χ2n) is 22.1. The molecule has 0 bridgehead atoms. The molecule has 4 aliphatic rings. The van der Waals surface area contributed by atoms with Crippen LogP contribution in [-0.2, 0) is 47.0 Å². The van der Waals surface area contributed by atoms with Crippen molar-refractivity contribution in [3.63, 3.8) is 0 Å². The number of carbonyl (C=O) groups is 1. The van der Waals surface area contributed by atoms with E-state index in [2.05, 4.69) is 115 Å². The van der Waals surface area contributed by atoms with E-state index in [9.17, 15) is 51.2 Å². The number of anilines is 1. The summed E-state index contributed by atoms with van der Waals surface area (Å²) in [5.74, 6) is -0.154. The van der Waals surface area contributed by atoms with Crippen LogP contribution in [0.1, 0.15) is 95.8 Å². The number of nitrogens with zero attached hydrogens (tertiary/aromatic N) is 2. The minimum absolute atomic E-state index is 0. The third-order valence-corrected chi connectivity index (χ3v) is 17.5. The number of unbranched alkanes of at least 4 members (excludes halogenated alkanes) is 2. The number of benzene rings is 5. The molecule has 1 fully saturated rings. The molecule has 5 atom stereocenters. The molecule has 0 radical (unpaired) electrons. The van der Waals surface area contributed by atoms with Gasteiger partial charge in [0.25, 0.3) is 0 Å². The standard InChI is InChI=1S/C61H71N3O13S2.Na/c1-60(2)50(63(34-9-11-36-78(70,71)72)47-29-23-40-14-5-7-18-45(40)53(47)60)31-25-42-16-13-17-43(58(42)76-44-27-20-39(21-28-44)22-33-52(66)62-55-57(68)56(67)49(38-65)77-59(55)69)26-32-51-61(3,4)54-46-19-8-6-15-41(46)24-30-48(54)64(51)35-10-12-37-79(73,74)75;/h5-8,14-15,18-21,23-32,49,55-57,59,65,67-69H,9-13,16-17,22,33-38H2,1-4H3,(H2-,62,66,70,71,72,73,74,75);/q;+1/p-1/t49-,55-,56-,57-,59?;/m1./s1. The second-order valence-corrected chi connectivity index (χ2v) is 25.1. The molecule has 1 amide bonds. The Kier molecular flexibility index (Phi) is 19.2. The summed E-state index contributed by atoms with van der Waals surface area (Å²) < 4.78 is 84.3. The number of amides is 1. The summed E-state index contributed by atoms with van der Waals surface area (Å²) >= 11 is 0. The van der Waals surface area contributed by atoms with Crippen LogP contribution in [0.25, 0.3) is 21.5 Å². The van der Waals surface area contributed by atoms with Gasteiger partial charge in [-0.2, -0.15) is 4.58 Å². The zero-order valence-electron chi connectivity index (χ0n) is 46.0. The number of nitrogens with one attached hydrogen (secondary N) is 1. The van der Waals surface area contributed by atoms with E-state index in [0.29, 0.717) is 56.7 Å². The van der Waals surface area contributed by atoms with E-state index in [1.165, 1.54) is 0 Å². The summed E-state index contributed by atoms with van der Waals surface area (Å²) in [5, 5.41) is 47.7. The first-order chi connectivity index (χ1) is 37.6. The summed E-state index contributed by atoms with van der Waals surface area (Å²) in [7, 11) is -8.76. The third kappa shape index (κ3) is 13.4. The van der Waals surface area contributed by atoms with E-state index in [-0.39, 0.29) is 48.8 Å².